The highest BCUT2D eigenvalue weighted by Crippen LogP contribution is 2.34. The van der Waals surface area contributed by atoms with Crippen LogP contribution in [0.4, 0.5) is 0 Å². The first-order valence-corrected chi connectivity index (χ1v) is 13.0. The summed E-state index contributed by atoms with van der Waals surface area (Å²) in [6.45, 7) is 3.94. The lowest BCUT2D eigenvalue weighted by Crippen LogP contribution is -2.31. The molecule has 0 saturated carbocycles. The first-order valence-electron chi connectivity index (χ1n) is 12.6. The van der Waals surface area contributed by atoms with Gasteiger partial charge >= 0.3 is 0 Å². The average molecular weight is 515 g/mol. The molecule has 0 aliphatic heterocycles. The number of hydrogen-bond donors (Lipinski definition) is 1. The fourth-order valence-electron chi connectivity index (χ4n) is 5.04. The zero-order chi connectivity index (χ0) is 25.8. The molecule has 4 aromatic rings. The van der Waals surface area contributed by atoms with Crippen LogP contribution in [0.15, 0.2) is 67.3 Å². The molecule has 0 bridgehead atoms. The van der Waals surface area contributed by atoms with Gasteiger partial charge in [0.05, 0.1) is 28.0 Å². The van der Waals surface area contributed by atoms with Crippen LogP contribution < -0.4 is 5.32 Å². The molecule has 1 N–H and O–H groups in total. The van der Waals surface area contributed by atoms with E-state index in [-0.39, 0.29) is 11.9 Å². The number of imidazole rings is 1. The molecule has 1 amide bonds. The third kappa shape index (κ3) is 5.89. The topological polar surface area (TPSA) is 75.9 Å². The molecule has 37 heavy (non-hydrogen) atoms. The molecule has 190 valence electrons. The van der Waals surface area contributed by atoms with Crippen LogP contribution in [0.5, 0.6) is 0 Å². The van der Waals surface area contributed by atoms with E-state index in [1.807, 2.05) is 38.4 Å². The van der Waals surface area contributed by atoms with Gasteiger partial charge in [-0.2, -0.15) is 0 Å². The van der Waals surface area contributed by atoms with E-state index >= 15 is 0 Å². The number of nitrogens with zero attached hydrogens (tertiary/aromatic N) is 5. The Hall–Kier alpha value is -3.55. The van der Waals surface area contributed by atoms with Crippen LogP contribution >= 0.6 is 11.6 Å². The van der Waals surface area contributed by atoms with E-state index in [0.717, 1.165) is 49.4 Å². The summed E-state index contributed by atoms with van der Waals surface area (Å²) in [5, 5.41) is 3.32. The lowest BCUT2D eigenvalue weighted by molar-refractivity contribution is 0.0951. The van der Waals surface area contributed by atoms with Crippen LogP contribution in [0.2, 0.25) is 5.02 Å². The molecule has 1 aliphatic carbocycles. The van der Waals surface area contributed by atoms with Gasteiger partial charge in [0.25, 0.3) is 5.91 Å². The molecule has 0 radical (unpaired) electrons. The van der Waals surface area contributed by atoms with Crippen molar-refractivity contribution in [2.75, 3.05) is 0 Å². The van der Waals surface area contributed by atoms with Gasteiger partial charge in [0.1, 0.15) is 5.82 Å². The molecule has 1 atom stereocenters. The number of amides is 1. The van der Waals surface area contributed by atoms with Gasteiger partial charge in [-0.25, -0.2) is 4.98 Å². The second-order valence-electron chi connectivity index (χ2n) is 9.61. The van der Waals surface area contributed by atoms with Crippen LogP contribution in [0.25, 0.3) is 0 Å². The Bertz CT molecular complexity index is 1380. The minimum absolute atomic E-state index is 0.213. The number of nitrogens with one attached hydrogen (secondary N) is 1. The quantitative estimate of drug-likeness (QED) is 0.350. The number of benzene rings is 1. The van der Waals surface area contributed by atoms with Crippen molar-refractivity contribution in [3.8, 4) is 0 Å². The highest BCUT2D eigenvalue weighted by Gasteiger charge is 2.28. The maximum Gasteiger partial charge on any atom is 0.253 e. The number of aryl methyl sites for hydroxylation is 3. The van der Waals surface area contributed by atoms with Crippen LogP contribution in [0.1, 0.15) is 63.1 Å². The van der Waals surface area contributed by atoms with Crippen molar-refractivity contribution in [3.05, 3.63) is 112 Å². The lowest BCUT2D eigenvalue weighted by atomic mass is 9.90. The van der Waals surface area contributed by atoms with Crippen molar-refractivity contribution in [2.45, 2.75) is 51.9 Å². The maximum atomic E-state index is 12.6. The van der Waals surface area contributed by atoms with Gasteiger partial charge in [-0.1, -0.05) is 41.9 Å². The second kappa shape index (κ2) is 11.2. The van der Waals surface area contributed by atoms with Gasteiger partial charge in [0.15, 0.2) is 0 Å². The van der Waals surface area contributed by atoms with Gasteiger partial charge in [-0.15, -0.1) is 0 Å². The lowest BCUT2D eigenvalue weighted by Gasteiger charge is -2.34. The van der Waals surface area contributed by atoms with Gasteiger partial charge in [0.2, 0.25) is 0 Å². The van der Waals surface area contributed by atoms with Gasteiger partial charge < -0.3 is 9.88 Å². The first kappa shape index (κ1) is 25.1. The minimum Gasteiger partial charge on any atom is -0.348 e. The van der Waals surface area contributed by atoms with Crippen molar-refractivity contribution in [1.82, 2.24) is 29.7 Å². The van der Waals surface area contributed by atoms with Crippen molar-refractivity contribution in [3.63, 3.8) is 0 Å². The summed E-state index contributed by atoms with van der Waals surface area (Å²) in [5.74, 6) is 0.791. The van der Waals surface area contributed by atoms with Crippen LogP contribution in [-0.4, -0.2) is 30.3 Å². The van der Waals surface area contributed by atoms with E-state index < -0.39 is 0 Å². The van der Waals surface area contributed by atoms with E-state index in [2.05, 4.69) is 44.2 Å². The molecule has 3 heterocycles. The first-order chi connectivity index (χ1) is 18.0. The summed E-state index contributed by atoms with van der Waals surface area (Å²) in [5.41, 5.74) is 6.22. The van der Waals surface area contributed by atoms with E-state index in [9.17, 15) is 4.79 Å². The van der Waals surface area contributed by atoms with Gasteiger partial charge in [-0.05, 0) is 55.0 Å². The molecular formula is C29H31ClN6O. The monoisotopic (exact) mass is 514 g/mol. The number of halogens is 1. The number of carbonyl (C=O) groups is 1. The van der Waals surface area contributed by atoms with Crippen molar-refractivity contribution in [2.24, 2.45) is 7.05 Å². The van der Waals surface area contributed by atoms with Crippen molar-refractivity contribution in [1.29, 1.82) is 0 Å². The number of fused-ring (bicyclic) bond motifs is 1. The number of carbonyl (C=O) groups excluding carboxylic acids is 1. The maximum absolute atomic E-state index is 12.6. The predicted octanol–water partition coefficient (Wildman–Crippen LogP) is 5.18. The Balaban J connectivity index is 1.36. The third-order valence-corrected chi connectivity index (χ3v) is 7.28. The van der Waals surface area contributed by atoms with Crippen LogP contribution in [-0.2, 0) is 33.1 Å². The number of pyridine rings is 2. The number of hydrogen-bond acceptors (Lipinski definition) is 5. The summed E-state index contributed by atoms with van der Waals surface area (Å²) >= 11 is 6.13. The van der Waals surface area contributed by atoms with E-state index in [4.69, 9.17) is 21.6 Å². The Morgan fingerprint density at radius 1 is 1.16 bits per heavy atom. The molecule has 8 heteroatoms. The van der Waals surface area contributed by atoms with Crippen molar-refractivity contribution >= 4 is 17.5 Å². The van der Waals surface area contributed by atoms with Gasteiger partial charge in [0, 0.05) is 51.5 Å². The molecule has 5 rings (SSSR count). The molecule has 3 aromatic heterocycles. The van der Waals surface area contributed by atoms with Gasteiger partial charge in [-0.3, -0.25) is 19.7 Å². The molecule has 0 fully saturated rings. The zero-order valence-electron chi connectivity index (χ0n) is 21.2. The molecule has 1 aromatic carbocycles. The molecule has 0 saturated heterocycles. The minimum atomic E-state index is -0.213. The fraction of sp³-hybridized carbons (Fsp3) is 0.310. The standard InChI is InChI=1S/C29H31ClN6O/c1-20-34-24(18-35(20)2)19-36(27-10-4-8-23-9-5-12-32-28(23)27)17-22-7-3-6-21(14-22)15-33-29(37)25-11-13-31-16-26(25)30/h3,5-7,9,11-14,16,18,27H,4,8,10,15,17,19H2,1-2H3,(H,33,37). The van der Waals surface area contributed by atoms with E-state index in [0.29, 0.717) is 17.1 Å². The second-order valence-corrected chi connectivity index (χ2v) is 10.0. The van der Waals surface area contributed by atoms with Crippen molar-refractivity contribution < 1.29 is 4.79 Å². The summed E-state index contributed by atoms with van der Waals surface area (Å²) in [7, 11) is 2.03. The highest BCUT2D eigenvalue weighted by molar-refractivity contribution is 6.33. The van der Waals surface area contributed by atoms with E-state index in [1.54, 1.807) is 12.3 Å². The Morgan fingerprint density at radius 3 is 2.84 bits per heavy atom. The summed E-state index contributed by atoms with van der Waals surface area (Å²) in [4.78, 5) is 28.6. The highest BCUT2D eigenvalue weighted by atomic mass is 35.5. The zero-order valence-corrected chi connectivity index (χ0v) is 21.9. The molecule has 0 spiro atoms. The van der Waals surface area contributed by atoms with Crippen LogP contribution in [0.3, 0.4) is 0 Å². The molecule has 1 unspecified atom stereocenters. The predicted molar refractivity (Wildman–Crippen MR) is 144 cm³/mol. The Labute approximate surface area is 222 Å². The molecule has 7 nitrogen and oxygen atoms in total. The Morgan fingerprint density at radius 2 is 2.03 bits per heavy atom. The largest absolute Gasteiger partial charge is 0.348 e. The number of rotatable bonds is 8. The smallest absolute Gasteiger partial charge is 0.253 e. The normalized spacial score (nSPS) is 15.0. The molecule has 1 aliphatic rings. The summed E-state index contributed by atoms with van der Waals surface area (Å²) in [6, 6.07) is 14.5. The average Bonchev–Trinajstić information content (AvgIpc) is 3.23. The van der Waals surface area contributed by atoms with Crippen LogP contribution in [0, 0.1) is 6.92 Å². The Kier molecular flexibility index (Phi) is 7.63. The number of aromatic nitrogens is 4. The third-order valence-electron chi connectivity index (χ3n) is 6.98. The fourth-order valence-corrected chi connectivity index (χ4v) is 5.25. The SMILES string of the molecule is Cc1nc(CN(Cc2cccc(CNC(=O)c3ccncc3Cl)c2)C2CCCc3cccnc32)cn1C. The summed E-state index contributed by atoms with van der Waals surface area (Å²) in [6.07, 6.45) is 10.3. The summed E-state index contributed by atoms with van der Waals surface area (Å²) < 4.78 is 2.07. The molecular weight excluding hydrogens is 484 g/mol. The van der Waals surface area contributed by atoms with E-state index in [1.165, 1.54) is 23.0 Å².